The Morgan fingerprint density at radius 2 is 2.27 bits per heavy atom. The first kappa shape index (κ1) is 10.1. The van der Waals surface area contributed by atoms with Gasteiger partial charge in [0, 0.05) is 12.6 Å². The highest BCUT2D eigenvalue weighted by Crippen LogP contribution is 2.19. The number of nitriles is 1. The first-order valence-corrected chi connectivity index (χ1v) is 5.21. The molecule has 1 N–H and O–H groups in total. The summed E-state index contributed by atoms with van der Waals surface area (Å²) in [4.78, 5) is 0. The maximum Gasteiger partial charge on any atom is 0.123 e. The summed E-state index contributed by atoms with van der Waals surface area (Å²) in [5.74, 6) is -0.278. The number of nitrogens with zero attached hydrogens (tertiary/aromatic N) is 1. The van der Waals surface area contributed by atoms with Crippen LogP contribution in [-0.2, 0) is 6.54 Å². The molecular weight excluding hydrogens is 191 g/mol. The van der Waals surface area contributed by atoms with E-state index < -0.39 is 0 Å². The zero-order valence-electron chi connectivity index (χ0n) is 8.46. The van der Waals surface area contributed by atoms with Crippen LogP contribution in [-0.4, -0.2) is 6.04 Å². The van der Waals surface area contributed by atoms with Crippen molar-refractivity contribution >= 4 is 0 Å². The number of nitrogens with one attached hydrogen (secondary N) is 1. The molecule has 0 unspecified atom stereocenters. The molecular formula is C12H13FN2. The molecule has 0 amide bonds. The van der Waals surface area contributed by atoms with Gasteiger partial charge in [-0.1, -0.05) is 6.42 Å². The average molecular weight is 204 g/mol. The smallest absolute Gasteiger partial charge is 0.123 e. The van der Waals surface area contributed by atoms with Gasteiger partial charge < -0.3 is 5.32 Å². The van der Waals surface area contributed by atoms with Gasteiger partial charge in [-0.05, 0) is 36.6 Å². The van der Waals surface area contributed by atoms with Crippen LogP contribution >= 0.6 is 0 Å². The van der Waals surface area contributed by atoms with E-state index in [-0.39, 0.29) is 5.82 Å². The third-order valence-corrected chi connectivity index (χ3v) is 2.87. The predicted molar refractivity (Wildman–Crippen MR) is 55.6 cm³/mol. The molecule has 1 aliphatic carbocycles. The molecule has 1 aromatic rings. The van der Waals surface area contributed by atoms with E-state index in [1.54, 1.807) is 0 Å². The second-order valence-corrected chi connectivity index (χ2v) is 3.92. The van der Waals surface area contributed by atoms with E-state index in [1.165, 1.54) is 37.5 Å². The molecule has 2 rings (SSSR count). The number of rotatable bonds is 3. The lowest BCUT2D eigenvalue weighted by molar-refractivity contribution is 0.338. The van der Waals surface area contributed by atoms with Crippen LogP contribution in [0.15, 0.2) is 18.2 Å². The van der Waals surface area contributed by atoms with Gasteiger partial charge in [0.2, 0.25) is 0 Å². The highest BCUT2D eigenvalue weighted by molar-refractivity contribution is 5.37. The first-order valence-electron chi connectivity index (χ1n) is 5.21. The monoisotopic (exact) mass is 204 g/mol. The summed E-state index contributed by atoms with van der Waals surface area (Å²) >= 11 is 0. The molecule has 0 aromatic heterocycles. The topological polar surface area (TPSA) is 35.8 Å². The quantitative estimate of drug-likeness (QED) is 0.820. The highest BCUT2D eigenvalue weighted by Gasteiger charge is 2.16. The van der Waals surface area contributed by atoms with Gasteiger partial charge in [0.15, 0.2) is 0 Å². The Balaban J connectivity index is 2.05. The predicted octanol–water partition coefficient (Wildman–Crippen LogP) is 2.34. The SMILES string of the molecule is N#Cc1ccc(F)cc1CNC1CCC1. The zero-order valence-corrected chi connectivity index (χ0v) is 8.46. The summed E-state index contributed by atoms with van der Waals surface area (Å²) in [6, 6.07) is 6.93. The Kier molecular flexibility index (Phi) is 2.98. The van der Waals surface area contributed by atoms with Gasteiger partial charge in [-0.3, -0.25) is 0 Å². The van der Waals surface area contributed by atoms with Gasteiger partial charge in [0.25, 0.3) is 0 Å². The molecule has 0 saturated heterocycles. The largest absolute Gasteiger partial charge is 0.310 e. The minimum atomic E-state index is -0.278. The van der Waals surface area contributed by atoms with Crippen molar-refractivity contribution in [1.29, 1.82) is 5.26 Å². The minimum Gasteiger partial charge on any atom is -0.310 e. The van der Waals surface area contributed by atoms with Gasteiger partial charge >= 0.3 is 0 Å². The van der Waals surface area contributed by atoms with Crippen LogP contribution in [0, 0.1) is 17.1 Å². The molecule has 0 radical (unpaired) electrons. The molecule has 1 aliphatic rings. The van der Waals surface area contributed by atoms with E-state index in [4.69, 9.17) is 5.26 Å². The van der Waals surface area contributed by atoms with Crippen molar-refractivity contribution in [2.24, 2.45) is 0 Å². The molecule has 78 valence electrons. The van der Waals surface area contributed by atoms with Gasteiger partial charge in [-0.15, -0.1) is 0 Å². The molecule has 1 saturated carbocycles. The van der Waals surface area contributed by atoms with Crippen molar-refractivity contribution < 1.29 is 4.39 Å². The van der Waals surface area contributed by atoms with Crippen LogP contribution in [0.25, 0.3) is 0 Å². The minimum absolute atomic E-state index is 0.278. The fourth-order valence-electron chi connectivity index (χ4n) is 1.68. The molecule has 2 nitrogen and oxygen atoms in total. The summed E-state index contributed by atoms with van der Waals surface area (Å²) in [5.41, 5.74) is 1.31. The normalized spacial score (nSPS) is 15.7. The van der Waals surface area contributed by atoms with Crippen molar-refractivity contribution in [3.05, 3.63) is 35.1 Å². The van der Waals surface area contributed by atoms with Crippen molar-refractivity contribution in [3.8, 4) is 6.07 Å². The molecule has 0 spiro atoms. The number of hydrogen-bond donors (Lipinski definition) is 1. The van der Waals surface area contributed by atoms with Gasteiger partial charge in [0.05, 0.1) is 11.6 Å². The fourth-order valence-corrected chi connectivity index (χ4v) is 1.68. The Bertz CT molecular complexity index is 391. The molecule has 1 fully saturated rings. The van der Waals surface area contributed by atoms with Crippen LogP contribution in [0.5, 0.6) is 0 Å². The Morgan fingerprint density at radius 3 is 2.87 bits per heavy atom. The second-order valence-electron chi connectivity index (χ2n) is 3.92. The second kappa shape index (κ2) is 4.41. The first-order chi connectivity index (χ1) is 7.29. The van der Waals surface area contributed by atoms with Crippen molar-refractivity contribution in [2.75, 3.05) is 0 Å². The van der Waals surface area contributed by atoms with Crippen LogP contribution in [0.1, 0.15) is 30.4 Å². The van der Waals surface area contributed by atoms with E-state index in [2.05, 4.69) is 11.4 Å². The third kappa shape index (κ3) is 2.34. The molecule has 1 aromatic carbocycles. The Morgan fingerprint density at radius 1 is 1.47 bits per heavy atom. The maximum atomic E-state index is 13.0. The van der Waals surface area contributed by atoms with Crippen molar-refractivity contribution in [3.63, 3.8) is 0 Å². The molecule has 0 heterocycles. The zero-order chi connectivity index (χ0) is 10.7. The standard InChI is InChI=1S/C12H13FN2/c13-11-5-4-9(7-14)10(6-11)8-15-12-2-1-3-12/h4-6,12,15H,1-3,8H2. The molecule has 15 heavy (non-hydrogen) atoms. The van der Waals surface area contributed by atoms with E-state index in [0.717, 1.165) is 5.56 Å². The van der Waals surface area contributed by atoms with E-state index in [1.807, 2.05) is 0 Å². The Hall–Kier alpha value is -1.40. The average Bonchev–Trinajstić information content (AvgIpc) is 2.16. The molecule has 0 atom stereocenters. The van der Waals surface area contributed by atoms with Crippen molar-refractivity contribution in [2.45, 2.75) is 31.8 Å². The Labute approximate surface area is 88.7 Å². The highest BCUT2D eigenvalue weighted by atomic mass is 19.1. The summed E-state index contributed by atoms with van der Waals surface area (Å²) in [7, 11) is 0. The molecule has 0 aliphatic heterocycles. The molecule has 3 heteroatoms. The van der Waals surface area contributed by atoms with Crippen LogP contribution < -0.4 is 5.32 Å². The van der Waals surface area contributed by atoms with Crippen molar-refractivity contribution in [1.82, 2.24) is 5.32 Å². The maximum absolute atomic E-state index is 13.0. The van der Waals surface area contributed by atoms with Gasteiger partial charge in [-0.25, -0.2) is 4.39 Å². The fraction of sp³-hybridized carbons (Fsp3) is 0.417. The number of hydrogen-bond acceptors (Lipinski definition) is 2. The van der Waals surface area contributed by atoms with Gasteiger partial charge in [-0.2, -0.15) is 5.26 Å². The lowest BCUT2D eigenvalue weighted by Crippen LogP contribution is -2.34. The lowest BCUT2D eigenvalue weighted by atomic mass is 9.93. The van der Waals surface area contributed by atoms with Crippen LogP contribution in [0.3, 0.4) is 0 Å². The van der Waals surface area contributed by atoms with E-state index in [0.29, 0.717) is 18.2 Å². The lowest BCUT2D eigenvalue weighted by Gasteiger charge is -2.26. The number of halogens is 1. The summed E-state index contributed by atoms with van der Waals surface area (Å²) in [5, 5.41) is 12.2. The van der Waals surface area contributed by atoms with E-state index >= 15 is 0 Å². The summed E-state index contributed by atoms with van der Waals surface area (Å²) < 4.78 is 13.0. The number of benzene rings is 1. The molecule has 0 bridgehead atoms. The summed E-state index contributed by atoms with van der Waals surface area (Å²) in [6.07, 6.45) is 3.65. The van der Waals surface area contributed by atoms with Gasteiger partial charge in [0.1, 0.15) is 5.82 Å². The van der Waals surface area contributed by atoms with Crippen LogP contribution in [0.2, 0.25) is 0 Å². The van der Waals surface area contributed by atoms with Crippen LogP contribution in [0.4, 0.5) is 4.39 Å². The van der Waals surface area contributed by atoms with E-state index in [9.17, 15) is 4.39 Å². The summed E-state index contributed by atoms with van der Waals surface area (Å²) in [6.45, 7) is 0.589. The third-order valence-electron chi connectivity index (χ3n) is 2.87.